The lowest BCUT2D eigenvalue weighted by Gasteiger charge is -2.47. The maximum Gasteiger partial charge on any atom is 0.172 e. The van der Waals surface area contributed by atoms with Crippen molar-refractivity contribution in [2.75, 3.05) is 13.7 Å². The molecule has 0 aliphatic carbocycles. The summed E-state index contributed by atoms with van der Waals surface area (Å²) >= 11 is 0. The van der Waals surface area contributed by atoms with Crippen LogP contribution >= 0.6 is 0 Å². The van der Waals surface area contributed by atoms with Crippen LogP contribution in [0.15, 0.2) is 24.3 Å². The summed E-state index contributed by atoms with van der Waals surface area (Å²) in [5, 5.41) is 20.1. The first-order valence-electron chi connectivity index (χ1n) is 20.1. The normalized spacial score (nSPS) is 52.4. The molecule has 10 rings (SSSR count). The van der Waals surface area contributed by atoms with E-state index in [0.29, 0.717) is 25.7 Å². The standard InChI is InChI=1S/C40H58O12/c1-19-11-24-5-7-28-20(2)12-26(45-28)9-10-40-17-33-36(51-40)37-38(50-33)39(52-40)35-29(49-37)8-6-25(47-35)13-22(42)14-27-31(16-30(46-24)21(19)3)48-32(34(27)44-4)15-23(43)18-41/h19,23-39,41,43H,2-3,5-18H2,1,4H3/t19-,23+,24+,25-,26?,27+,28?,29+,30?,31+,32?,33-,34-,35+,36+,37+,38-,39+,40+/m1/s1. The van der Waals surface area contributed by atoms with E-state index < -0.39 is 24.1 Å². The molecule has 0 radical (unpaired) electrons. The van der Waals surface area contributed by atoms with Crippen LogP contribution in [-0.2, 0) is 47.4 Å². The first kappa shape index (κ1) is 36.4. The number of aliphatic hydroxyl groups is 2. The molecule has 19 atom stereocenters. The first-order chi connectivity index (χ1) is 25.1. The van der Waals surface area contributed by atoms with Crippen LogP contribution in [0.4, 0.5) is 0 Å². The molecule has 10 aliphatic rings. The second-order valence-corrected chi connectivity index (χ2v) is 17.4. The fourth-order valence-corrected chi connectivity index (χ4v) is 11.3. The Labute approximate surface area is 306 Å². The van der Waals surface area contributed by atoms with E-state index in [1.54, 1.807) is 7.11 Å². The van der Waals surface area contributed by atoms with Gasteiger partial charge in [0.15, 0.2) is 5.79 Å². The molecule has 0 aromatic rings. The molecule has 4 unspecified atom stereocenters. The van der Waals surface area contributed by atoms with E-state index in [1.807, 2.05) is 0 Å². The van der Waals surface area contributed by atoms with Gasteiger partial charge in [0.25, 0.3) is 0 Å². The minimum Gasteiger partial charge on any atom is -0.394 e. The Balaban J connectivity index is 0.994. The van der Waals surface area contributed by atoms with Gasteiger partial charge in [0.2, 0.25) is 0 Å². The van der Waals surface area contributed by atoms with Crippen LogP contribution in [0.5, 0.6) is 0 Å². The molecule has 0 aromatic carbocycles. The molecular weight excluding hydrogens is 672 g/mol. The molecule has 290 valence electrons. The largest absolute Gasteiger partial charge is 0.394 e. The molecule has 10 fully saturated rings. The highest BCUT2D eigenvalue weighted by Crippen LogP contribution is 2.54. The first-order valence-corrected chi connectivity index (χ1v) is 20.1. The summed E-state index contributed by atoms with van der Waals surface area (Å²) in [6.45, 7) is 10.7. The Kier molecular flexibility index (Phi) is 10.0. The zero-order chi connectivity index (χ0) is 35.9. The third kappa shape index (κ3) is 6.59. The third-order valence-corrected chi connectivity index (χ3v) is 13.9. The van der Waals surface area contributed by atoms with E-state index in [1.165, 1.54) is 0 Å². The van der Waals surface area contributed by atoms with E-state index in [9.17, 15) is 15.0 Å². The van der Waals surface area contributed by atoms with Gasteiger partial charge in [-0.1, -0.05) is 20.1 Å². The average molecular weight is 731 g/mol. The highest BCUT2D eigenvalue weighted by molar-refractivity contribution is 5.79. The summed E-state index contributed by atoms with van der Waals surface area (Å²) in [5.74, 6) is -0.709. The van der Waals surface area contributed by atoms with Crippen LogP contribution in [0.25, 0.3) is 0 Å². The van der Waals surface area contributed by atoms with Gasteiger partial charge in [-0.15, -0.1) is 0 Å². The van der Waals surface area contributed by atoms with E-state index in [2.05, 4.69) is 20.1 Å². The Hall–Kier alpha value is -1.29. The van der Waals surface area contributed by atoms with Crippen LogP contribution in [0.1, 0.15) is 90.4 Å². The number of ether oxygens (including phenoxy) is 9. The third-order valence-electron chi connectivity index (χ3n) is 13.9. The van der Waals surface area contributed by atoms with Gasteiger partial charge in [-0.3, -0.25) is 4.79 Å². The van der Waals surface area contributed by atoms with Crippen LogP contribution in [0.2, 0.25) is 0 Å². The number of hydrogen-bond donors (Lipinski definition) is 2. The number of ketones is 1. The van der Waals surface area contributed by atoms with Gasteiger partial charge in [-0.05, 0) is 62.0 Å². The molecular formula is C40H58O12. The van der Waals surface area contributed by atoms with Crippen LogP contribution in [0, 0.1) is 11.8 Å². The second kappa shape index (κ2) is 14.3. The second-order valence-electron chi connectivity index (χ2n) is 17.4. The summed E-state index contributed by atoms with van der Waals surface area (Å²) in [4.78, 5) is 14.0. The fourth-order valence-electron chi connectivity index (χ4n) is 11.3. The number of fused-ring (bicyclic) bond motifs is 6. The summed E-state index contributed by atoms with van der Waals surface area (Å²) < 4.78 is 59.8. The lowest BCUT2D eigenvalue weighted by Crippen LogP contribution is -2.61. The number of hydrogen-bond acceptors (Lipinski definition) is 12. The number of carbonyl (C=O) groups excluding carboxylic acids is 1. The summed E-state index contributed by atoms with van der Waals surface area (Å²) in [6.07, 6.45) is 4.01. The quantitative estimate of drug-likeness (QED) is 0.410. The topological polar surface area (TPSA) is 141 Å². The molecule has 12 heteroatoms. The number of methoxy groups -OCH3 is 1. The van der Waals surface area contributed by atoms with E-state index in [-0.39, 0.29) is 123 Å². The Morgan fingerprint density at radius 3 is 2.37 bits per heavy atom. The van der Waals surface area contributed by atoms with Gasteiger partial charge in [0.1, 0.15) is 36.3 Å². The summed E-state index contributed by atoms with van der Waals surface area (Å²) in [5.41, 5.74) is 2.17. The average Bonchev–Trinajstić information content (AvgIpc) is 3.79. The minimum absolute atomic E-state index is 0.0260. The minimum atomic E-state index is -0.951. The Morgan fingerprint density at radius 1 is 0.788 bits per heavy atom. The van der Waals surface area contributed by atoms with Gasteiger partial charge >= 0.3 is 0 Å². The van der Waals surface area contributed by atoms with Crippen molar-refractivity contribution in [1.82, 2.24) is 0 Å². The van der Waals surface area contributed by atoms with E-state index in [4.69, 9.17) is 42.6 Å². The molecule has 12 nitrogen and oxygen atoms in total. The number of aliphatic hydroxyl groups excluding tert-OH is 2. The smallest absolute Gasteiger partial charge is 0.172 e. The van der Waals surface area contributed by atoms with Crippen LogP contribution in [-0.4, -0.2) is 133 Å². The predicted octanol–water partition coefficient (Wildman–Crippen LogP) is 3.47. The van der Waals surface area contributed by atoms with Crippen molar-refractivity contribution in [1.29, 1.82) is 0 Å². The lowest BCUT2D eigenvalue weighted by molar-refractivity contribution is -0.292. The van der Waals surface area contributed by atoms with Crippen LogP contribution < -0.4 is 0 Å². The zero-order valence-corrected chi connectivity index (χ0v) is 30.7. The van der Waals surface area contributed by atoms with Gasteiger partial charge in [0.05, 0.1) is 73.8 Å². The Morgan fingerprint density at radius 2 is 1.54 bits per heavy atom. The molecule has 10 aliphatic heterocycles. The van der Waals surface area contributed by atoms with Gasteiger partial charge < -0.3 is 52.8 Å². The van der Waals surface area contributed by atoms with Gasteiger partial charge in [-0.2, -0.15) is 0 Å². The SMILES string of the molecule is C=C1CC2CC[C@@]34C[C@H]5O[C@H]6[C@@H](O3)[C@H]3O[C@H](CC[C@@H]3O[C@H]6[C@H]5O4)CC(=O)C[C@H]3[C@H](CC4O[C@@H](CCC1O2)C[C@@H](C)C4=C)OC(C[C@H](O)CO)[C@@H]3OC. The van der Waals surface area contributed by atoms with Crippen molar-refractivity contribution in [3.8, 4) is 0 Å². The molecule has 0 aromatic heterocycles. The van der Waals surface area contributed by atoms with Crippen molar-refractivity contribution in [3.63, 3.8) is 0 Å². The molecule has 1 spiro atoms. The summed E-state index contributed by atoms with van der Waals surface area (Å²) in [6, 6.07) is 0. The highest BCUT2D eigenvalue weighted by Gasteiger charge is 2.68. The maximum absolute atomic E-state index is 14.0. The maximum atomic E-state index is 14.0. The molecule has 52 heavy (non-hydrogen) atoms. The Bertz CT molecular complexity index is 1370. The molecule has 0 saturated carbocycles. The zero-order valence-electron chi connectivity index (χ0n) is 30.7. The van der Waals surface area contributed by atoms with Crippen molar-refractivity contribution in [2.24, 2.45) is 11.8 Å². The lowest BCUT2D eigenvalue weighted by atomic mass is 9.81. The number of carbonyl (C=O) groups is 1. The molecule has 0 amide bonds. The van der Waals surface area contributed by atoms with Crippen molar-refractivity contribution in [3.05, 3.63) is 24.3 Å². The van der Waals surface area contributed by atoms with Crippen LogP contribution in [0.3, 0.4) is 0 Å². The number of rotatable bonds is 4. The monoisotopic (exact) mass is 730 g/mol. The predicted molar refractivity (Wildman–Crippen MR) is 184 cm³/mol. The fraction of sp³-hybridized carbons (Fsp3) is 0.875. The molecule has 2 N–H and O–H groups in total. The van der Waals surface area contributed by atoms with E-state index in [0.717, 1.165) is 49.7 Å². The van der Waals surface area contributed by atoms with Crippen molar-refractivity contribution >= 4 is 5.78 Å². The molecule has 10 heterocycles. The summed E-state index contributed by atoms with van der Waals surface area (Å²) in [7, 11) is 1.63. The van der Waals surface area contributed by atoms with Crippen molar-refractivity contribution < 1.29 is 57.6 Å². The van der Waals surface area contributed by atoms with E-state index >= 15 is 0 Å². The number of Topliss-reactive ketones (excluding diaryl/α,β-unsaturated/α-hetero) is 1. The van der Waals surface area contributed by atoms with Gasteiger partial charge in [-0.25, -0.2) is 0 Å². The molecule has 10 saturated heterocycles. The van der Waals surface area contributed by atoms with Crippen molar-refractivity contribution in [2.45, 2.75) is 194 Å². The highest BCUT2D eigenvalue weighted by atomic mass is 16.8. The van der Waals surface area contributed by atoms with Gasteiger partial charge in [0, 0.05) is 51.6 Å². The molecule has 12 bridgehead atoms.